The Bertz CT molecular complexity index is 357. The van der Waals surface area contributed by atoms with E-state index in [1.54, 1.807) is 4.31 Å². The maximum absolute atomic E-state index is 12.3. The molecule has 0 amide bonds. The van der Waals surface area contributed by atoms with E-state index in [9.17, 15) is 8.42 Å². The van der Waals surface area contributed by atoms with Gasteiger partial charge in [-0.05, 0) is 37.0 Å². The van der Waals surface area contributed by atoms with E-state index in [1.807, 2.05) is 0 Å². The van der Waals surface area contributed by atoms with Gasteiger partial charge in [-0.15, -0.1) is 0 Å². The second-order valence-corrected chi connectivity index (χ2v) is 8.04. The van der Waals surface area contributed by atoms with E-state index < -0.39 is 10.2 Å². The Morgan fingerprint density at radius 1 is 1.25 bits per heavy atom. The van der Waals surface area contributed by atoms with Crippen molar-refractivity contribution in [2.24, 2.45) is 17.8 Å². The second-order valence-electron chi connectivity index (χ2n) is 6.28. The lowest BCUT2D eigenvalue weighted by Gasteiger charge is -2.34. The number of hydrogen-bond donors (Lipinski definition) is 2. The summed E-state index contributed by atoms with van der Waals surface area (Å²) < 4.78 is 29.0. The summed E-state index contributed by atoms with van der Waals surface area (Å²) >= 11 is 0. The molecule has 0 aromatic carbocycles. The van der Waals surface area contributed by atoms with Crippen LogP contribution in [-0.4, -0.2) is 44.1 Å². The van der Waals surface area contributed by atoms with Gasteiger partial charge in [0, 0.05) is 26.2 Å². The van der Waals surface area contributed by atoms with Gasteiger partial charge in [-0.2, -0.15) is 12.7 Å². The molecule has 20 heavy (non-hydrogen) atoms. The predicted octanol–water partition coefficient (Wildman–Crippen LogP) is 1.60. The quantitative estimate of drug-likeness (QED) is 0.715. The van der Waals surface area contributed by atoms with Crippen LogP contribution < -0.4 is 4.72 Å². The molecule has 120 valence electrons. The van der Waals surface area contributed by atoms with Crippen molar-refractivity contribution in [2.75, 3.05) is 26.2 Å². The third-order valence-corrected chi connectivity index (χ3v) is 5.47. The zero-order chi connectivity index (χ0) is 15.2. The number of nitrogens with zero attached hydrogens (tertiary/aromatic N) is 1. The molecule has 1 rings (SSSR count). The van der Waals surface area contributed by atoms with Crippen molar-refractivity contribution in [1.29, 1.82) is 0 Å². The lowest BCUT2D eigenvalue weighted by molar-refractivity contribution is 0.218. The van der Waals surface area contributed by atoms with Gasteiger partial charge in [-0.1, -0.05) is 27.2 Å². The normalized spacial score (nSPS) is 26.6. The van der Waals surface area contributed by atoms with Crippen molar-refractivity contribution in [3.63, 3.8) is 0 Å². The molecular formula is C14H30N2O3S. The second kappa shape index (κ2) is 8.32. The number of nitrogens with one attached hydrogen (secondary N) is 1. The first-order chi connectivity index (χ1) is 9.39. The molecule has 0 saturated carbocycles. The van der Waals surface area contributed by atoms with Gasteiger partial charge in [-0.25, -0.2) is 4.72 Å². The molecular weight excluding hydrogens is 276 g/mol. The highest BCUT2D eigenvalue weighted by Crippen LogP contribution is 2.22. The molecule has 0 bridgehead atoms. The fourth-order valence-electron chi connectivity index (χ4n) is 3.06. The summed E-state index contributed by atoms with van der Waals surface area (Å²) in [5, 5.41) is 9.02. The largest absolute Gasteiger partial charge is 0.396 e. The molecule has 2 N–H and O–H groups in total. The van der Waals surface area contributed by atoms with Crippen LogP contribution in [-0.2, 0) is 10.2 Å². The molecule has 3 unspecified atom stereocenters. The fraction of sp³-hybridized carbons (Fsp3) is 1.00. The highest BCUT2D eigenvalue weighted by Gasteiger charge is 2.30. The molecule has 6 heteroatoms. The summed E-state index contributed by atoms with van der Waals surface area (Å²) in [7, 11) is -3.38. The van der Waals surface area contributed by atoms with Gasteiger partial charge in [0.15, 0.2) is 0 Å². The van der Waals surface area contributed by atoms with Crippen molar-refractivity contribution >= 4 is 10.2 Å². The summed E-state index contributed by atoms with van der Waals surface area (Å²) in [6.07, 6.45) is 3.69. The Morgan fingerprint density at radius 3 is 2.35 bits per heavy atom. The topological polar surface area (TPSA) is 69.6 Å². The Morgan fingerprint density at radius 2 is 1.85 bits per heavy atom. The Hall–Kier alpha value is -0.170. The highest BCUT2D eigenvalue weighted by atomic mass is 32.2. The summed E-state index contributed by atoms with van der Waals surface area (Å²) in [6.45, 7) is 8.04. The van der Waals surface area contributed by atoms with Gasteiger partial charge in [-0.3, -0.25) is 0 Å². The molecule has 0 radical (unpaired) electrons. The molecule has 1 saturated heterocycles. The van der Waals surface area contributed by atoms with E-state index in [0.717, 1.165) is 19.3 Å². The minimum absolute atomic E-state index is 0.115. The van der Waals surface area contributed by atoms with Crippen molar-refractivity contribution in [1.82, 2.24) is 9.03 Å². The van der Waals surface area contributed by atoms with E-state index in [2.05, 4.69) is 25.5 Å². The molecule has 0 aliphatic carbocycles. The van der Waals surface area contributed by atoms with Crippen molar-refractivity contribution in [3.05, 3.63) is 0 Å². The molecule has 1 heterocycles. The Balaban J connectivity index is 2.55. The summed E-state index contributed by atoms with van der Waals surface area (Å²) in [5.74, 6) is 1.05. The van der Waals surface area contributed by atoms with Crippen LogP contribution in [0.4, 0.5) is 0 Å². The van der Waals surface area contributed by atoms with Crippen LogP contribution in [0.3, 0.4) is 0 Å². The molecule has 1 aliphatic rings. The first-order valence-corrected chi connectivity index (χ1v) is 9.18. The van der Waals surface area contributed by atoms with E-state index in [0.29, 0.717) is 37.9 Å². The molecule has 0 aromatic rings. The Labute approximate surface area is 123 Å². The molecule has 3 atom stereocenters. The van der Waals surface area contributed by atoms with E-state index in [4.69, 9.17) is 5.11 Å². The summed E-state index contributed by atoms with van der Waals surface area (Å²) in [4.78, 5) is 0. The third kappa shape index (κ3) is 5.68. The average molecular weight is 306 g/mol. The molecule has 5 nitrogen and oxygen atoms in total. The smallest absolute Gasteiger partial charge is 0.279 e. The number of aliphatic hydroxyl groups is 1. The standard InChI is InChI=1S/C14H30N2O3S/c1-4-5-14(6-7-17)9-15-20(18,19)16-10-12(2)8-13(3)11-16/h12-15,17H,4-11H2,1-3H3. The van der Waals surface area contributed by atoms with Gasteiger partial charge in [0.05, 0.1) is 0 Å². The van der Waals surface area contributed by atoms with Crippen molar-refractivity contribution < 1.29 is 13.5 Å². The van der Waals surface area contributed by atoms with Gasteiger partial charge < -0.3 is 5.11 Å². The van der Waals surface area contributed by atoms with Crippen LogP contribution in [0.5, 0.6) is 0 Å². The number of piperidine rings is 1. The zero-order valence-electron chi connectivity index (χ0n) is 13.0. The molecule has 1 aliphatic heterocycles. The SMILES string of the molecule is CCCC(CCO)CNS(=O)(=O)N1CC(C)CC(C)C1. The first-order valence-electron chi connectivity index (χ1n) is 7.74. The van der Waals surface area contributed by atoms with Crippen LogP contribution >= 0.6 is 0 Å². The maximum Gasteiger partial charge on any atom is 0.279 e. The number of aliphatic hydroxyl groups excluding tert-OH is 1. The van der Waals surface area contributed by atoms with Crippen LogP contribution in [0.15, 0.2) is 0 Å². The zero-order valence-corrected chi connectivity index (χ0v) is 13.8. The van der Waals surface area contributed by atoms with Crippen LogP contribution in [0.25, 0.3) is 0 Å². The lowest BCUT2D eigenvalue weighted by atomic mass is 9.94. The number of rotatable bonds is 8. The van der Waals surface area contributed by atoms with E-state index >= 15 is 0 Å². The van der Waals surface area contributed by atoms with Crippen LogP contribution in [0.1, 0.15) is 46.5 Å². The van der Waals surface area contributed by atoms with E-state index in [1.165, 1.54) is 0 Å². The summed E-state index contributed by atoms with van der Waals surface area (Å²) in [5.41, 5.74) is 0. The number of hydrogen-bond acceptors (Lipinski definition) is 3. The minimum atomic E-state index is -3.38. The first kappa shape index (κ1) is 17.9. The van der Waals surface area contributed by atoms with E-state index in [-0.39, 0.29) is 12.5 Å². The molecule has 0 aromatic heterocycles. The molecule has 0 spiro atoms. The van der Waals surface area contributed by atoms with Crippen LogP contribution in [0.2, 0.25) is 0 Å². The maximum atomic E-state index is 12.3. The van der Waals surface area contributed by atoms with Crippen LogP contribution in [0, 0.1) is 17.8 Å². The van der Waals surface area contributed by atoms with Crippen molar-refractivity contribution in [2.45, 2.75) is 46.5 Å². The van der Waals surface area contributed by atoms with Gasteiger partial charge in [0.25, 0.3) is 10.2 Å². The molecule has 1 fully saturated rings. The van der Waals surface area contributed by atoms with Crippen molar-refractivity contribution in [3.8, 4) is 0 Å². The monoisotopic (exact) mass is 306 g/mol. The predicted molar refractivity (Wildman–Crippen MR) is 81.5 cm³/mol. The summed E-state index contributed by atoms with van der Waals surface area (Å²) in [6, 6.07) is 0. The minimum Gasteiger partial charge on any atom is -0.396 e. The van der Waals surface area contributed by atoms with Gasteiger partial charge in [0.2, 0.25) is 0 Å². The van der Waals surface area contributed by atoms with Gasteiger partial charge >= 0.3 is 0 Å². The Kier molecular flexibility index (Phi) is 7.43. The van der Waals surface area contributed by atoms with Gasteiger partial charge in [0.1, 0.15) is 0 Å². The third-order valence-electron chi connectivity index (χ3n) is 3.96. The lowest BCUT2D eigenvalue weighted by Crippen LogP contribution is -2.48. The average Bonchev–Trinajstić information content (AvgIpc) is 2.35. The fourth-order valence-corrected chi connectivity index (χ4v) is 4.59. The highest BCUT2D eigenvalue weighted by molar-refractivity contribution is 7.87.